The van der Waals surface area contributed by atoms with Gasteiger partial charge in [-0.1, -0.05) is 5.21 Å². The summed E-state index contributed by atoms with van der Waals surface area (Å²) in [6, 6.07) is 0. The number of aryl methyl sites for hydroxylation is 2. The molecule has 0 radical (unpaired) electrons. The lowest BCUT2D eigenvalue weighted by atomic mass is 9.99. The molecular formula is C18H20N8O3S. The zero-order valence-electron chi connectivity index (χ0n) is 16.5. The molecule has 1 aliphatic carbocycles. The predicted octanol–water partition coefficient (Wildman–Crippen LogP) is 0.883. The molecule has 12 heteroatoms. The van der Waals surface area contributed by atoms with E-state index in [1.54, 1.807) is 18.7 Å². The molecule has 11 nitrogen and oxygen atoms in total. The fourth-order valence-electron chi connectivity index (χ4n) is 3.85. The van der Waals surface area contributed by atoms with Gasteiger partial charge in [-0.25, -0.2) is 19.6 Å². The van der Waals surface area contributed by atoms with Gasteiger partial charge in [-0.05, 0) is 19.8 Å². The highest BCUT2D eigenvalue weighted by molar-refractivity contribution is 7.16. The summed E-state index contributed by atoms with van der Waals surface area (Å²) in [6.07, 6.45) is 2.98. The zero-order chi connectivity index (χ0) is 20.8. The lowest BCUT2D eigenvalue weighted by Crippen LogP contribution is -2.52. The molecule has 1 saturated heterocycles. The lowest BCUT2D eigenvalue weighted by Gasteiger charge is -2.38. The number of nitrogens with one attached hydrogen (secondary N) is 1. The van der Waals surface area contributed by atoms with E-state index < -0.39 is 0 Å². The van der Waals surface area contributed by atoms with Crippen molar-refractivity contribution in [3.05, 3.63) is 16.9 Å². The molecule has 0 bridgehead atoms. The van der Waals surface area contributed by atoms with Crippen molar-refractivity contribution in [3.63, 3.8) is 0 Å². The number of anilines is 2. The number of esters is 1. The number of hydrogen-bond donors (Lipinski definition) is 1. The topological polar surface area (TPSA) is 128 Å². The van der Waals surface area contributed by atoms with Crippen LogP contribution in [-0.4, -0.2) is 61.5 Å². The Morgan fingerprint density at radius 1 is 1.33 bits per heavy atom. The Bertz CT molecular complexity index is 1140. The summed E-state index contributed by atoms with van der Waals surface area (Å²) >= 11 is 1.44. The number of ether oxygens (including phenoxy) is 1. The van der Waals surface area contributed by atoms with Crippen molar-refractivity contribution in [2.75, 3.05) is 29.9 Å². The third kappa shape index (κ3) is 3.07. The Hall–Kier alpha value is -3.15. The first-order chi connectivity index (χ1) is 14.5. The number of amides is 1. The van der Waals surface area contributed by atoms with Crippen LogP contribution in [0.25, 0.3) is 11.2 Å². The minimum Gasteiger partial charge on any atom is -0.465 e. The number of rotatable bonds is 5. The van der Waals surface area contributed by atoms with Crippen LogP contribution >= 0.6 is 11.3 Å². The summed E-state index contributed by atoms with van der Waals surface area (Å²) in [5.41, 5.74) is 2.02. The summed E-state index contributed by atoms with van der Waals surface area (Å²) in [7, 11) is 1.77. The van der Waals surface area contributed by atoms with E-state index in [9.17, 15) is 9.59 Å². The van der Waals surface area contributed by atoms with E-state index in [-0.39, 0.29) is 23.7 Å². The minimum atomic E-state index is -0.326. The van der Waals surface area contributed by atoms with Gasteiger partial charge in [-0.2, -0.15) is 0 Å². The maximum atomic E-state index is 12.7. The molecular weight excluding hydrogens is 408 g/mol. The third-order valence-electron chi connectivity index (χ3n) is 5.44. The van der Waals surface area contributed by atoms with Gasteiger partial charge in [-0.15, -0.1) is 16.4 Å². The van der Waals surface area contributed by atoms with Gasteiger partial charge in [0.25, 0.3) is 0 Å². The van der Waals surface area contributed by atoms with E-state index >= 15 is 0 Å². The van der Waals surface area contributed by atoms with Gasteiger partial charge < -0.3 is 15.0 Å². The molecule has 30 heavy (non-hydrogen) atoms. The summed E-state index contributed by atoms with van der Waals surface area (Å²) in [5.74, 6) is -0.146. The summed E-state index contributed by atoms with van der Waals surface area (Å²) in [5, 5.41) is 11.5. The Balaban J connectivity index is 1.23. The second kappa shape index (κ2) is 7.27. The Labute approximate surface area is 175 Å². The molecule has 3 aromatic heterocycles. The fraction of sp³-hybridized carbons (Fsp3) is 0.500. The summed E-state index contributed by atoms with van der Waals surface area (Å²) in [4.78, 5) is 40.8. The van der Waals surface area contributed by atoms with Gasteiger partial charge >= 0.3 is 5.97 Å². The molecule has 3 aromatic rings. The molecule has 0 aromatic carbocycles. The van der Waals surface area contributed by atoms with Crippen LogP contribution in [0.1, 0.15) is 29.8 Å². The number of carbonyl (C=O) groups is 2. The molecule has 1 atom stereocenters. The molecule has 1 amide bonds. The van der Waals surface area contributed by atoms with Crippen LogP contribution in [0, 0.1) is 5.92 Å². The van der Waals surface area contributed by atoms with Gasteiger partial charge in [0, 0.05) is 25.0 Å². The molecule has 1 N–H and O–H groups in total. The normalized spacial score (nSPS) is 18.3. The van der Waals surface area contributed by atoms with Crippen molar-refractivity contribution in [3.8, 4) is 0 Å². The van der Waals surface area contributed by atoms with E-state index in [1.165, 1.54) is 17.7 Å². The van der Waals surface area contributed by atoms with E-state index in [0.717, 1.165) is 17.0 Å². The van der Waals surface area contributed by atoms with Crippen LogP contribution in [0.3, 0.4) is 0 Å². The van der Waals surface area contributed by atoms with Crippen molar-refractivity contribution < 1.29 is 14.3 Å². The maximum absolute atomic E-state index is 12.7. The second-order valence-corrected chi connectivity index (χ2v) is 8.43. The van der Waals surface area contributed by atoms with E-state index in [1.807, 2.05) is 4.90 Å². The molecule has 0 spiro atoms. The predicted molar refractivity (Wildman–Crippen MR) is 108 cm³/mol. The Morgan fingerprint density at radius 3 is 2.97 bits per heavy atom. The maximum Gasteiger partial charge on any atom is 0.315 e. The van der Waals surface area contributed by atoms with Crippen molar-refractivity contribution in [1.82, 2.24) is 29.9 Å². The lowest BCUT2D eigenvalue weighted by molar-refractivity contribution is -0.145. The van der Waals surface area contributed by atoms with Crippen molar-refractivity contribution in [1.29, 1.82) is 0 Å². The fourth-order valence-corrected chi connectivity index (χ4v) is 4.89. The van der Waals surface area contributed by atoms with Crippen molar-refractivity contribution in [2.45, 2.75) is 25.7 Å². The van der Waals surface area contributed by atoms with Gasteiger partial charge in [0.1, 0.15) is 12.2 Å². The van der Waals surface area contributed by atoms with Crippen LogP contribution in [0.4, 0.5) is 10.9 Å². The molecule has 1 aliphatic heterocycles. The highest BCUT2D eigenvalue weighted by atomic mass is 32.1. The molecule has 1 fully saturated rings. The smallest absolute Gasteiger partial charge is 0.315 e. The standard InChI is InChI=1S/C18H20N8O3S/c1-3-29-17(28)10-4-5-11-12(10)21-18(30-11)22-16(27)9-6-26(7-9)15-13-14(19-8-20-15)25(2)24-23-13/h8-10H,3-7H2,1-2H3,(H,21,22,27)/t10-/m1/s1. The van der Waals surface area contributed by atoms with Crippen LogP contribution in [0.2, 0.25) is 0 Å². The first kappa shape index (κ1) is 18.9. The SMILES string of the molecule is CCOC(=O)[C@@H]1CCc2sc(NC(=O)C3CN(c4ncnc5c4nnn5C)C3)nc21. The van der Waals surface area contributed by atoms with Gasteiger partial charge in [0.15, 0.2) is 22.1 Å². The molecule has 156 valence electrons. The molecule has 5 rings (SSSR count). The largest absolute Gasteiger partial charge is 0.465 e. The van der Waals surface area contributed by atoms with Gasteiger partial charge in [0.2, 0.25) is 5.91 Å². The zero-order valence-corrected chi connectivity index (χ0v) is 17.3. The van der Waals surface area contributed by atoms with E-state index in [2.05, 4.69) is 30.6 Å². The Morgan fingerprint density at radius 2 is 2.17 bits per heavy atom. The van der Waals surface area contributed by atoms with Gasteiger partial charge in [-0.3, -0.25) is 9.59 Å². The highest BCUT2D eigenvalue weighted by Crippen LogP contribution is 2.39. The van der Waals surface area contributed by atoms with E-state index in [0.29, 0.717) is 48.2 Å². The van der Waals surface area contributed by atoms with Crippen LogP contribution < -0.4 is 10.2 Å². The molecule has 0 saturated carbocycles. The molecule has 2 aliphatic rings. The number of nitrogens with zero attached hydrogens (tertiary/aromatic N) is 7. The van der Waals surface area contributed by atoms with Gasteiger partial charge in [0.05, 0.1) is 18.2 Å². The monoisotopic (exact) mass is 428 g/mol. The number of hydrogen-bond acceptors (Lipinski definition) is 10. The van der Waals surface area contributed by atoms with Crippen LogP contribution in [0.5, 0.6) is 0 Å². The average molecular weight is 428 g/mol. The first-order valence-electron chi connectivity index (χ1n) is 9.77. The van der Waals surface area contributed by atoms with Crippen LogP contribution in [-0.2, 0) is 27.8 Å². The minimum absolute atomic E-state index is 0.0872. The first-order valence-corrected chi connectivity index (χ1v) is 10.6. The molecule has 4 heterocycles. The number of aromatic nitrogens is 6. The van der Waals surface area contributed by atoms with Crippen molar-refractivity contribution in [2.24, 2.45) is 13.0 Å². The highest BCUT2D eigenvalue weighted by Gasteiger charge is 2.37. The Kier molecular flexibility index (Phi) is 4.57. The van der Waals surface area contributed by atoms with Crippen molar-refractivity contribution >= 4 is 45.3 Å². The van der Waals surface area contributed by atoms with E-state index in [4.69, 9.17) is 4.74 Å². The number of fused-ring (bicyclic) bond motifs is 2. The van der Waals surface area contributed by atoms with Crippen LogP contribution in [0.15, 0.2) is 6.33 Å². The number of carbonyl (C=O) groups excluding carboxylic acids is 2. The third-order valence-corrected chi connectivity index (χ3v) is 6.49. The number of thiazole rings is 1. The molecule has 0 unspecified atom stereocenters. The quantitative estimate of drug-likeness (QED) is 0.589. The average Bonchev–Trinajstić information content (AvgIpc) is 3.35. The second-order valence-electron chi connectivity index (χ2n) is 7.34. The summed E-state index contributed by atoms with van der Waals surface area (Å²) in [6.45, 7) is 3.21. The summed E-state index contributed by atoms with van der Waals surface area (Å²) < 4.78 is 6.73.